The van der Waals surface area contributed by atoms with Gasteiger partial charge in [0.05, 0.1) is 16.7 Å². The van der Waals surface area contributed by atoms with Gasteiger partial charge in [0.25, 0.3) is 0 Å². The third-order valence-electron chi connectivity index (χ3n) is 7.02. The number of nitrogens with zero attached hydrogens (tertiary/aromatic N) is 7. The van der Waals surface area contributed by atoms with Gasteiger partial charge in [-0.05, 0) is 80.4 Å². The van der Waals surface area contributed by atoms with Gasteiger partial charge < -0.3 is 14.8 Å². The number of hydrogen-bond acceptors (Lipinski definition) is 6. The number of hydrogen-bond donors (Lipinski definition) is 2. The molecule has 0 amide bonds. The molecular weight excluding hydrogens is 660 g/mol. The van der Waals surface area contributed by atoms with E-state index in [0.29, 0.717) is 6.54 Å². The van der Waals surface area contributed by atoms with E-state index in [1.165, 1.54) is 37.1 Å². The minimum Gasteiger partial charge on any atom is -0.475 e. The zero-order valence-corrected chi connectivity index (χ0v) is 25.6. The van der Waals surface area contributed by atoms with Crippen molar-refractivity contribution in [3.63, 3.8) is 0 Å². The summed E-state index contributed by atoms with van der Waals surface area (Å²) in [6.07, 6.45) is -5.62. The third-order valence-corrected chi connectivity index (χ3v) is 7.24. The first-order chi connectivity index (χ1) is 21.9. The first-order valence-corrected chi connectivity index (χ1v) is 14.3. The fourth-order valence-corrected chi connectivity index (χ4v) is 5.34. The number of alkyl halides is 6. The van der Waals surface area contributed by atoms with Crippen LogP contribution in [0.1, 0.15) is 29.8 Å². The van der Waals surface area contributed by atoms with Gasteiger partial charge in [-0.15, -0.1) is 10.2 Å². The molecule has 5 heterocycles. The van der Waals surface area contributed by atoms with Crippen LogP contribution in [-0.4, -0.2) is 81.4 Å². The lowest BCUT2D eigenvalue weighted by molar-refractivity contribution is -0.193. The van der Waals surface area contributed by atoms with E-state index in [2.05, 4.69) is 60.5 Å². The molecule has 1 saturated heterocycles. The second kappa shape index (κ2) is 14.0. The highest BCUT2D eigenvalue weighted by Gasteiger charge is 2.38. The number of carboxylic acid groups (broad SMARTS) is 2. The summed E-state index contributed by atoms with van der Waals surface area (Å²) in [5.74, 6) is -4.64. The lowest BCUT2D eigenvalue weighted by Crippen LogP contribution is -2.21. The van der Waals surface area contributed by atoms with Crippen LogP contribution in [0.15, 0.2) is 48.7 Å². The number of pyridine rings is 1. The number of aromatic nitrogens is 6. The molecule has 0 saturated carbocycles. The van der Waals surface area contributed by atoms with Crippen LogP contribution >= 0.6 is 11.6 Å². The molecule has 0 radical (unpaired) electrons. The number of likely N-dealkylation sites (tertiary alicyclic amines) is 1. The summed E-state index contributed by atoms with van der Waals surface area (Å²) in [6.45, 7) is 5.98. The van der Waals surface area contributed by atoms with Gasteiger partial charge in [0.2, 0.25) is 0 Å². The number of halogens is 7. The second-order valence-electron chi connectivity index (χ2n) is 10.6. The normalized spacial score (nSPS) is 13.7. The molecule has 1 aromatic carbocycles. The molecule has 1 aliphatic rings. The highest BCUT2D eigenvalue weighted by atomic mass is 35.5. The summed E-state index contributed by atoms with van der Waals surface area (Å²) in [6, 6.07) is 14.9. The quantitative estimate of drug-likeness (QED) is 0.217. The standard InChI is InChI=1S/C25H26ClN7.2C2HF3O2/c1-17-27-28-25-6-5-22-24(33(17)25)14-23(21-7-10-30(2)29-21)32(22)16-19-11-18(12-20(26)13-19)15-31-8-3-4-9-31;2*3-2(4,5)1(6)7/h5-7,10-14H,3-4,8-9,15-16H2,1-2H3;2*(H,6,7). The van der Waals surface area contributed by atoms with Crippen LogP contribution in [0.3, 0.4) is 0 Å². The van der Waals surface area contributed by atoms with Crippen LogP contribution in [0.5, 0.6) is 0 Å². The minimum absolute atomic E-state index is 0.704. The summed E-state index contributed by atoms with van der Waals surface area (Å²) in [7, 11) is 1.94. The van der Waals surface area contributed by atoms with E-state index in [-0.39, 0.29) is 0 Å². The molecule has 252 valence electrons. The van der Waals surface area contributed by atoms with Crippen molar-refractivity contribution < 1.29 is 46.1 Å². The number of carbonyl (C=O) groups is 2. The van der Waals surface area contributed by atoms with Crippen molar-refractivity contribution in [1.82, 2.24) is 33.8 Å². The fraction of sp³-hybridized carbons (Fsp3) is 0.345. The molecule has 0 bridgehead atoms. The number of carboxylic acids is 2. The second-order valence-corrected chi connectivity index (χ2v) is 11.0. The fourth-order valence-electron chi connectivity index (χ4n) is 5.06. The van der Waals surface area contributed by atoms with Crippen LogP contribution in [0, 0.1) is 6.92 Å². The topological polar surface area (TPSA) is 131 Å². The van der Waals surface area contributed by atoms with Crippen molar-refractivity contribution in [3.8, 4) is 11.4 Å². The number of rotatable bonds is 5. The van der Waals surface area contributed by atoms with Gasteiger partial charge in [0, 0.05) is 31.4 Å². The Morgan fingerprint density at radius 1 is 0.851 bits per heavy atom. The van der Waals surface area contributed by atoms with Crippen molar-refractivity contribution in [1.29, 1.82) is 0 Å². The maximum Gasteiger partial charge on any atom is 0.490 e. The zero-order chi connectivity index (χ0) is 34.7. The molecule has 0 aliphatic carbocycles. The molecule has 6 rings (SSSR count). The molecule has 18 heteroatoms. The molecule has 1 aliphatic heterocycles. The van der Waals surface area contributed by atoms with Gasteiger partial charge in [-0.3, -0.25) is 14.0 Å². The van der Waals surface area contributed by atoms with E-state index in [1.807, 2.05) is 30.9 Å². The lowest BCUT2D eigenvalue weighted by Gasteiger charge is -2.16. The van der Waals surface area contributed by atoms with Crippen molar-refractivity contribution in [2.24, 2.45) is 7.05 Å². The van der Waals surface area contributed by atoms with E-state index < -0.39 is 24.3 Å². The van der Waals surface area contributed by atoms with E-state index in [1.54, 1.807) is 0 Å². The van der Waals surface area contributed by atoms with Crippen LogP contribution in [0.2, 0.25) is 5.02 Å². The Morgan fingerprint density at radius 3 is 1.96 bits per heavy atom. The largest absolute Gasteiger partial charge is 0.490 e. The summed E-state index contributed by atoms with van der Waals surface area (Å²) in [4.78, 5) is 20.3. The smallest absolute Gasteiger partial charge is 0.475 e. The Morgan fingerprint density at radius 2 is 1.43 bits per heavy atom. The van der Waals surface area contributed by atoms with Gasteiger partial charge in [0.1, 0.15) is 11.5 Å². The Bertz CT molecular complexity index is 1870. The molecule has 47 heavy (non-hydrogen) atoms. The molecule has 0 atom stereocenters. The Kier molecular flexibility index (Phi) is 10.5. The van der Waals surface area contributed by atoms with Gasteiger partial charge >= 0.3 is 24.3 Å². The molecule has 0 spiro atoms. The summed E-state index contributed by atoms with van der Waals surface area (Å²) < 4.78 is 69.7. The van der Waals surface area contributed by atoms with E-state index in [0.717, 1.165) is 45.5 Å². The molecule has 2 N–H and O–H groups in total. The van der Waals surface area contributed by atoms with Crippen LogP contribution < -0.4 is 0 Å². The molecule has 5 aromatic rings. The lowest BCUT2D eigenvalue weighted by atomic mass is 10.1. The highest BCUT2D eigenvalue weighted by Crippen LogP contribution is 2.30. The van der Waals surface area contributed by atoms with Crippen LogP contribution in [-0.2, 0) is 29.7 Å². The predicted octanol–water partition coefficient (Wildman–Crippen LogP) is 5.96. The van der Waals surface area contributed by atoms with Gasteiger partial charge in [-0.25, -0.2) is 9.59 Å². The van der Waals surface area contributed by atoms with E-state index in [4.69, 9.17) is 36.5 Å². The van der Waals surface area contributed by atoms with Crippen molar-refractivity contribution >= 4 is 40.2 Å². The van der Waals surface area contributed by atoms with Gasteiger partial charge in [-0.2, -0.15) is 31.4 Å². The summed E-state index contributed by atoms with van der Waals surface area (Å²) in [5.41, 5.74) is 7.50. The first kappa shape index (κ1) is 35.2. The predicted molar refractivity (Wildman–Crippen MR) is 158 cm³/mol. The monoisotopic (exact) mass is 687 g/mol. The number of aliphatic carboxylic acids is 2. The minimum atomic E-state index is -5.08. The van der Waals surface area contributed by atoms with Crippen LogP contribution in [0.25, 0.3) is 28.1 Å². The maximum atomic E-state index is 10.6. The van der Waals surface area contributed by atoms with E-state index in [9.17, 15) is 26.3 Å². The van der Waals surface area contributed by atoms with Crippen molar-refractivity contribution in [2.45, 2.75) is 45.2 Å². The molecular formula is C29H28ClF6N7O4. The van der Waals surface area contributed by atoms with E-state index >= 15 is 0 Å². The molecule has 0 unspecified atom stereocenters. The zero-order valence-electron chi connectivity index (χ0n) is 24.8. The SMILES string of the molecule is Cc1nnc2ccc3c(cc(-c4ccn(C)n4)n3Cc3cc(Cl)cc(CN4CCCC4)c3)n12.O=C(O)C(F)(F)F.O=C(O)C(F)(F)F. The molecule has 1 fully saturated rings. The summed E-state index contributed by atoms with van der Waals surface area (Å²) >= 11 is 6.57. The van der Waals surface area contributed by atoms with Gasteiger partial charge in [-0.1, -0.05) is 17.7 Å². The van der Waals surface area contributed by atoms with Gasteiger partial charge in [0.15, 0.2) is 5.65 Å². The number of benzene rings is 1. The maximum absolute atomic E-state index is 10.6. The van der Waals surface area contributed by atoms with Crippen molar-refractivity contribution in [3.05, 3.63) is 70.6 Å². The average molecular weight is 688 g/mol. The molecule has 4 aromatic heterocycles. The third kappa shape index (κ3) is 8.79. The Balaban J connectivity index is 0.000000301. The first-order valence-electron chi connectivity index (χ1n) is 13.9. The Labute approximate surface area is 267 Å². The highest BCUT2D eigenvalue weighted by molar-refractivity contribution is 6.30. The number of aryl methyl sites for hydroxylation is 2. The summed E-state index contributed by atoms with van der Waals surface area (Å²) in [5, 5.41) is 28.3. The Hall–Kier alpha value is -4.64. The average Bonchev–Trinajstić information content (AvgIpc) is 3.76. The van der Waals surface area contributed by atoms with Crippen LogP contribution in [0.4, 0.5) is 26.3 Å². The van der Waals surface area contributed by atoms with Crippen molar-refractivity contribution in [2.75, 3.05) is 13.1 Å². The molecule has 11 nitrogen and oxygen atoms in total. The number of fused-ring (bicyclic) bond motifs is 3.